The maximum atomic E-state index is 11.2. The molecule has 21 heavy (non-hydrogen) atoms. The Morgan fingerprint density at radius 2 is 1.95 bits per heavy atom. The van der Waals surface area contributed by atoms with Gasteiger partial charge in [-0.15, -0.1) is 0 Å². The fourth-order valence-electron chi connectivity index (χ4n) is 2.94. The van der Waals surface area contributed by atoms with E-state index in [0.29, 0.717) is 11.8 Å². The van der Waals surface area contributed by atoms with Crippen molar-refractivity contribution in [1.82, 2.24) is 10.6 Å². The van der Waals surface area contributed by atoms with Crippen molar-refractivity contribution in [2.45, 2.75) is 58.4 Å². The Kier molecular flexibility index (Phi) is 6.97. The zero-order chi connectivity index (χ0) is 15.9. The molecule has 1 aliphatic carbocycles. The summed E-state index contributed by atoms with van der Waals surface area (Å²) in [4.78, 5) is 4.24. The number of aliphatic imine (C=N–C) groups is 1. The molecule has 1 aliphatic rings. The third-order valence-electron chi connectivity index (χ3n) is 4.57. The highest BCUT2D eigenvalue weighted by molar-refractivity contribution is 7.90. The molecule has 1 saturated carbocycles. The SMILES string of the molecule is CCC1(CNC(=NC)NC(C)CCS(C)(=O)=O)CCCC1. The van der Waals surface area contributed by atoms with Gasteiger partial charge in [0, 0.05) is 25.9 Å². The average Bonchev–Trinajstić information content (AvgIpc) is 2.90. The maximum absolute atomic E-state index is 11.2. The third kappa shape index (κ3) is 6.68. The highest BCUT2D eigenvalue weighted by atomic mass is 32.2. The molecule has 2 N–H and O–H groups in total. The predicted molar refractivity (Wildman–Crippen MR) is 89.5 cm³/mol. The van der Waals surface area contributed by atoms with E-state index in [4.69, 9.17) is 0 Å². The predicted octanol–water partition coefficient (Wildman–Crippen LogP) is 1.94. The van der Waals surface area contributed by atoms with E-state index in [1.807, 2.05) is 6.92 Å². The Hall–Kier alpha value is -0.780. The molecule has 0 aromatic carbocycles. The van der Waals surface area contributed by atoms with Crippen LogP contribution in [0.1, 0.15) is 52.4 Å². The molecular formula is C15H31N3O2S. The van der Waals surface area contributed by atoms with Gasteiger partial charge in [0.2, 0.25) is 0 Å². The van der Waals surface area contributed by atoms with Gasteiger partial charge in [-0.05, 0) is 38.0 Å². The van der Waals surface area contributed by atoms with Crippen molar-refractivity contribution in [2.24, 2.45) is 10.4 Å². The fourth-order valence-corrected chi connectivity index (χ4v) is 3.72. The normalized spacial score (nSPS) is 20.3. The van der Waals surface area contributed by atoms with E-state index in [1.54, 1.807) is 7.05 Å². The molecule has 1 fully saturated rings. The molecular weight excluding hydrogens is 286 g/mol. The minimum absolute atomic E-state index is 0.0899. The number of nitrogens with zero attached hydrogens (tertiary/aromatic N) is 1. The summed E-state index contributed by atoms with van der Waals surface area (Å²) in [7, 11) is -1.15. The number of hydrogen-bond acceptors (Lipinski definition) is 3. The van der Waals surface area contributed by atoms with Crippen LogP contribution in [0.25, 0.3) is 0 Å². The Labute approximate surface area is 129 Å². The highest BCUT2D eigenvalue weighted by Crippen LogP contribution is 2.40. The molecule has 0 amide bonds. The average molecular weight is 317 g/mol. The Morgan fingerprint density at radius 1 is 1.33 bits per heavy atom. The molecule has 1 rings (SSSR count). The van der Waals surface area contributed by atoms with E-state index in [9.17, 15) is 8.42 Å². The quantitative estimate of drug-likeness (QED) is 0.556. The standard InChI is InChI=1S/C15H31N3O2S/c1-5-15(9-6-7-10-15)12-17-14(16-3)18-13(2)8-11-21(4,19)20/h13H,5-12H2,1-4H3,(H2,16,17,18). The van der Waals surface area contributed by atoms with Crippen LogP contribution in [0, 0.1) is 5.41 Å². The Bertz CT molecular complexity index is 440. The monoisotopic (exact) mass is 317 g/mol. The first kappa shape index (κ1) is 18.3. The Morgan fingerprint density at radius 3 is 2.43 bits per heavy atom. The molecule has 0 bridgehead atoms. The summed E-state index contributed by atoms with van der Waals surface area (Å²) in [5.41, 5.74) is 0.410. The lowest BCUT2D eigenvalue weighted by Crippen LogP contribution is -2.46. The summed E-state index contributed by atoms with van der Waals surface area (Å²) in [6.07, 6.45) is 8.30. The molecule has 0 saturated heterocycles. The molecule has 1 atom stereocenters. The number of guanidine groups is 1. The lowest BCUT2D eigenvalue weighted by atomic mass is 9.83. The summed E-state index contributed by atoms with van der Waals surface area (Å²) in [6, 6.07) is 0.0899. The summed E-state index contributed by atoms with van der Waals surface area (Å²) in [6.45, 7) is 5.20. The largest absolute Gasteiger partial charge is 0.356 e. The highest BCUT2D eigenvalue weighted by Gasteiger charge is 2.31. The molecule has 6 heteroatoms. The zero-order valence-electron chi connectivity index (χ0n) is 13.9. The number of nitrogens with one attached hydrogen (secondary N) is 2. The van der Waals surface area contributed by atoms with Gasteiger partial charge in [-0.25, -0.2) is 8.42 Å². The van der Waals surface area contributed by atoms with Crippen LogP contribution >= 0.6 is 0 Å². The maximum Gasteiger partial charge on any atom is 0.191 e. The van der Waals surface area contributed by atoms with Crippen LogP contribution in [0.4, 0.5) is 0 Å². The number of hydrogen-bond donors (Lipinski definition) is 2. The van der Waals surface area contributed by atoms with Gasteiger partial charge in [0.1, 0.15) is 9.84 Å². The van der Waals surface area contributed by atoms with E-state index >= 15 is 0 Å². The van der Waals surface area contributed by atoms with E-state index in [0.717, 1.165) is 12.5 Å². The summed E-state index contributed by atoms with van der Waals surface area (Å²) in [5, 5.41) is 6.70. The number of rotatable bonds is 7. The minimum Gasteiger partial charge on any atom is -0.356 e. The van der Waals surface area contributed by atoms with Crippen LogP contribution < -0.4 is 10.6 Å². The molecule has 124 valence electrons. The van der Waals surface area contributed by atoms with Gasteiger partial charge in [-0.1, -0.05) is 19.8 Å². The lowest BCUT2D eigenvalue weighted by Gasteiger charge is -2.29. The van der Waals surface area contributed by atoms with Gasteiger partial charge in [0.05, 0.1) is 5.75 Å². The Balaban J connectivity index is 2.41. The van der Waals surface area contributed by atoms with Crippen molar-refractivity contribution in [3.63, 3.8) is 0 Å². The van der Waals surface area contributed by atoms with E-state index < -0.39 is 9.84 Å². The second-order valence-electron chi connectivity index (χ2n) is 6.45. The first-order valence-corrected chi connectivity index (χ1v) is 10.0. The smallest absolute Gasteiger partial charge is 0.191 e. The van der Waals surface area contributed by atoms with Crippen LogP contribution in [-0.2, 0) is 9.84 Å². The fraction of sp³-hybridized carbons (Fsp3) is 0.933. The second-order valence-corrected chi connectivity index (χ2v) is 8.71. The van der Waals surface area contributed by atoms with Crippen LogP contribution in [0.2, 0.25) is 0 Å². The van der Waals surface area contributed by atoms with Gasteiger partial charge in [-0.2, -0.15) is 0 Å². The minimum atomic E-state index is -2.90. The molecule has 0 heterocycles. The van der Waals surface area contributed by atoms with Crippen LogP contribution in [-0.4, -0.2) is 46.0 Å². The van der Waals surface area contributed by atoms with Gasteiger partial charge in [0.25, 0.3) is 0 Å². The summed E-state index contributed by atoms with van der Waals surface area (Å²) >= 11 is 0. The van der Waals surface area contributed by atoms with Crippen molar-refractivity contribution in [2.75, 3.05) is 25.6 Å². The second kappa shape index (κ2) is 8.01. The van der Waals surface area contributed by atoms with Crippen molar-refractivity contribution < 1.29 is 8.42 Å². The van der Waals surface area contributed by atoms with Gasteiger partial charge < -0.3 is 10.6 Å². The third-order valence-corrected chi connectivity index (χ3v) is 5.55. The number of sulfone groups is 1. The first-order valence-electron chi connectivity index (χ1n) is 7.95. The van der Waals surface area contributed by atoms with Gasteiger partial charge >= 0.3 is 0 Å². The van der Waals surface area contributed by atoms with Crippen molar-refractivity contribution in [3.8, 4) is 0 Å². The molecule has 0 aliphatic heterocycles. The van der Waals surface area contributed by atoms with Crippen LogP contribution in [0.15, 0.2) is 4.99 Å². The van der Waals surface area contributed by atoms with Crippen molar-refractivity contribution in [3.05, 3.63) is 0 Å². The van der Waals surface area contributed by atoms with Crippen LogP contribution in [0.5, 0.6) is 0 Å². The summed E-state index contributed by atoms with van der Waals surface area (Å²) in [5.74, 6) is 0.979. The molecule has 0 aromatic heterocycles. The van der Waals surface area contributed by atoms with E-state index in [2.05, 4.69) is 22.5 Å². The van der Waals surface area contributed by atoms with Crippen molar-refractivity contribution in [1.29, 1.82) is 0 Å². The topological polar surface area (TPSA) is 70.6 Å². The van der Waals surface area contributed by atoms with Gasteiger partial charge in [0.15, 0.2) is 5.96 Å². The molecule has 1 unspecified atom stereocenters. The summed E-state index contributed by atoms with van der Waals surface area (Å²) < 4.78 is 22.4. The van der Waals surface area contributed by atoms with E-state index in [1.165, 1.54) is 38.4 Å². The first-order chi connectivity index (χ1) is 9.80. The van der Waals surface area contributed by atoms with E-state index in [-0.39, 0.29) is 11.8 Å². The van der Waals surface area contributed by atoms with Crippen LogP contribution in [0.3, 0.4) is 0 Å². The molecule has 0 aromatic rings. The lowest BCUT2D eigenvalue weighted by molar-refractivity contribution is 0.283. The zero-order valence-corrected chi connectivity index (χ0v) is 14.7. The molecule has 5 nitrogen and oxygen atoms in total. The molecule has 0 spiro atoms. The molecule has 0 radical (unpaired) electrons. The van der Waals surface area contributed by atoms with Crippen molar-refractivity contribution >= 4 is 15.8 Å². The van der Waals surface area contributed by atoms with Gasteiger partial charge in [-0.3, -0.25) is 4.99 Å².